The highest BCUT2D eigenvalue weighted by Gasteiger charge is 2.13. The largest absolute Gasteiger partial charge is 0.481 e. The number of nitrogens with zero attached hydrogens (tertiary/aromatic N) is 2. The first kappa shape index (κ1) is 16.5. The molecule has 0 spiro atoms. The quantitative estimate of drug-likeness (QED) is 0.884. The maximum atomic E-state index is 12.1. The van der Waals surface area contributed by atoms with E-state index in [2.05, 4.69) is 10.3 Å². The molecule has 0 fully saturated rings. The number of rotatable bonds is 5. The molecule has 0 bridgehead atoms. The van der Waals surface area contributed by atoms with Gasteiger partial charge in [0.25, 0.3) is 0 Å². The van der Waals surface area contributed by atoms with E-state index in [1.165, 1.54) is 4.90 Å². The number of carboxylic acids is 1. The molecule has 23 heavy (non-hydrogen) atoms. The Hall–Kier alpha value is -2.83. The molecule has 2 amide bonds. The van der Waals surface area contributed by atoms with E-state index in [-0.39, 0.29) is 19.0 Å². The Bertz CT molecular complexity index is 724. The van der Waals surface area contributed by atoms with Crippen molar-refractivity contribution < 1.29 is 19.1 Å². The molecule has 1 aromatic carbocycles. The van der Waals surface area contributed by atoms with E-state index in [4.69, 9.17) is 9.52 Å². The number of hydrogen-bond donors (Lipinski definition) is 2. The second-order valence-corrected chi connectivity index (χ2v) is 5.32. The van der Waals surface area contributed by atoms with Crippen molar-refractivity contribution in [3.05, 3.63) is 35.7 Å². The lowest BCUT2D eigenvalue weighted by molar-refractivity contribution is -0.137. The lowest BCUT2D eigenvalue weighted by atomic mass is 10.1. The van der Waals surface area contributed by atoms with E-state index in [1.807, 2.05) is 26.0 Å². The molecule has 2 rings (SSSR count). The molecule has 2 N–H and O–H groups in total. The van der Waals surface area contributed by atoms with Crippen molar-refractivity contribution in [2.45, 2.75) is 20.3 Å². The second-order valence-electron chi connectivity index (χ2n) is 5.32. The predicted molar refractivity (Wildman–Crippen MR) is 85.3 cm³/mol. The minimum absolute atomic E-state index is 0.0987. The first-order valence-electron chi connectivity index (χ1n) is 7.14. The van der Waals surface area contributed by atoms with Gasteiger partial charge in [0, 0.05) is 24.8 Å². The first-order valence-corrected chi connectivity index (χ1v) is 7.14. The molecule has 1 aromatic heterocycles. The van der Waals surface area contributed by atoms with Crippen LogP contribution in [0.4, 0.5) is 10.5 Å². The van der Waals surface area contributed by atoms with Gasteiger partial charge in [-0.1, -0.05) is 6.07 Å². The molecule has 0 aliphatic heterocycles. The summed E-state index contributed by atoms with van der Waals surface area (Å²) in [7, 11) is 1.55. The maximum Gasteiger partial charge on any atom is 0.321 e. The van der Waals surface area contributed by atoms with Gasteiger partial charge in [0.15, 0.2) is 0 Å². The zero-order valence-corrected chi connectivity index (χ0v) is 13.3. The Labute approximate surface area is 133 Å². The summed E-state index contributed by atoms with van der Waals surface area (Å²) in [6.45, 7) is 3.84. The number of anilines is 1. The normalized spacial score (nSPS) is 10.4. The Morgan fingerprint density at radius 2 is 2.09 bits per heavy atom. The van der Waals surface area contributed by atoms with Crippen molar-refractivity contribution in [2.75, 3.05) is 18.9 Å². The van der Waals surface area contributed by atoms with Crippen LogP contribution in [0.5, 0.6) is 0 Å². The summed E-state index contributed by atoms with van der Waals surface area (Å²) >= 11 is 0. The third-order valence-corrected chi connectivity index (χ3v) is 3.35. The Kier molecular flexibility index (Phi) is 5.00. The number of aryl methyl sites for hydroxylation is 2. The molecule has 0 saturated heterocycles. The van der Waals surface area contributed by atoms with Crippen molar-refractivity contribution in [1.82, 2.24) is 9.88 Å². The number of carbonyl (C=O) groups is 2. The van der Waals surface area contributed by atoms with Gasteiger partial charge in [-0.3, -0.25) is 4.79 Å². The van der Waals surface area contributed by atoms with E-state index in [0.29, 0.717) is 11.6 Å². The number of aliphatic carboxylic acids is 1. The highest BCUT2D eigenvalue weighted by molar-refractivity contribution is 5.91. The third kappa shape index (κ3) is 4.32. The van der Waals surface area contributed by atoms with Crippen LogP contribution in [0.25, 0.3) is 11.5 Å². The number of urea groups is 1. The van der Waals surface area contributed by atoms with E-state index in [1.54, 1.807) is 19.4 Å². The molecule has 2 aromatic rings. The number of carboxylic acid groups (broad SMARTS) is 1. The van der Waals surface area contributed by atoms with Crippen LogP contribution < -0.4 is 5.32 Å². The monoisotopic (exact) mass is 317 g/mol. The van der Waals surface area contributed by atoms with Gasteiger partial charge in [-0.25, -0.2) is 9.78 Å². The molecule has 0 aliphatic carbocycles. The Balaban J connectivity index is 2.13. The number of nitrogens with one attached hydrogen (secondary N) is 1. The van der Waals surface area contributed by atoms with Crippen LogP contribution in [0.1, 0.15) is 17.7 Å². The van der Waals surface area contributed by atoms with E-state index < -0.39 is 5.97 Å². The fourth-order valence-corrected chi connectivity index (χ4v) is 1.95. The van der Waals surface area contributed by atoms with E-state index >= 15 is 0 Å². The molecule has 1 heterocycles. The molecule has 0 atom stereocenters. The predicted octanol–water partition coefficient (Wildman–Crippen LogP) is 2.90. The topological polar surface area (TPSA) is 95.7 Å². The summed E-state index contributed by atoms with van der Waals surface area (Å²) in [5.74, 6) is -0.459. The van der Waals surface area contributed by atoms with Gasteiger partial charge in [-0.2, -0.15) is 0 Å². The molecular weight excluding hydrogens is 298 g/mol. The lowest BCUT2D eigenvalue weighted by Crippen LogP contribution is -2.33. The van der Waals surface area contributed by atoms with Gasteiger partial charge in [-0.15, -0.1) is 0 Å². The van der Waals surface area contributed by atoms with Crippen LogP contribution in [0, 0.1) is 13.8 Å². The second kappa shape index (κ2) is 6.95. The summed E-state index contributed by atoms with van der Waals surface area (Å²) in [4.78, 5) is 28.3. The van der Waals surface area contributed by atoms with Gasteiger partial charge < -0.3 is 19.7 Å². The highest BCUT2D eigenvalue weighted by Crippen LogP contribution is 2.25. The van der Waals surface area contributed by atoms with Gasteiger partial charge in [0.2, 0.25) is 5.89 Å². The summed E-state index contributed by atoms with van der Waals surface area (Å²) in [5, 5.41) is 11.4. The first-order chi connectivity index (χ1) is 10.9. The number of benzene rings is 1. The van der Waals surface area contributed by atoms with Gasteiger partial charge in [0.05, 0.1) is 12.1 Å². The van der Waals surface area contributed by atoms with Crippen LogP contribution in [-0.4, -0.2) is 40.6 Å². The van der Waals surface area contributed by atoms with Crippen LogP contribution in [0.2, 0.25) is 0 Å². The Morgan fingerprint density at radius 3 is 2.70 bits per heavy atom. The van der Waals surface area contributed by atoms with Crippen LogP contribution in [0.3, 0.4) is 0 Å². The highest BCUT2D eigenvalue weighted by atomic mass is 16.4. The molecule has 0 aliphatic rings. The number of hydrogen-bond acceptors (Lipinski definition) is 4. The molecule has 122 valence electrons. The van der Waals surface area contributed by atoms with E-state index in [0.717, 1.165) is 16.8 Å². The average Bonchev–Trinajstić information content (AvgIpc) is 2.93. The summed E-state index contributed by atoms with van der Waals surface area (Å²) in [6, 6.07) is 5.14. The van der Waals surface area contributed by atoms with Crippen molar-refractivity contribution in [2.24, 2.45) is 0 Å². The fraction of sp³-hybridized carbons (Fsp3) is 0.312. The SMILES string of the molecule is Cc1coc(-c2ccc(C)c(NC(=O)N(C)CCC(=O)O)c2)n1. The summed E-state index contributed by atoms with van der Waals surface area (Å²) < 4.78 is 5.36. The fourth-order valence-electron chi connectivity index (χ4n) is 1.95. The molecule has 0 unspecified atom stereocenters. The molecular formula is C16H19N3O4. The van der Waals surface area contributed by atoms with Crippen LogP contribution in [0.15, 0.2) is 28.9 Å². The molecule has 7 heteroatoms. The molecule has 7 nitrogen and oxygen atoms in total. The van der Waals surface area contributed by atoms with Gasteiger partial charge in [-0.05, 0) is 31.5 Å². The molecule has 0 saturated carbocycles. The molecule has 0 radical (unpaired) electrons. The van der Waals surface area contributed by atoms with Crippen molar-refractivity contribution >= 4 is 17.7 Å². The van der Waals surface area contributed by atoms with Crippen LogP contribution in [-0.2, 0) is 4.79 Å². The summed E-state index contributed by atoms with van der Waals surface area (Å²) in [5.41, 5.74) is 3.05. The number of aromatic nitrogens is 1. The maximum absolute atomic E-state index is 12.1. The number of amides is 2. The number of oxazole rings is 1. The minimum Gasteiger partial charge on any atom is -0.481 e. The summed E-state index contributed by atoms with van der Waals surface area (Å²) in [6.07, 6.45) is 1.46. The standard InChI is InChI=1S/C16H19N3O4/c1-10-4-5-12(15-17-11(2)9-23-15)8-13(10)18-16(22)19(3)7-6-14(20)21/h4-5,8-9H,6-7H2,1-3H3,(H,18,22)(H,20,21). The van der Waals surface area contributed by atoms with Crippen molar-refractivity contribution in [1.29, 1.82) is 0 Å². The van der Waals surface area contributed by atoms with Crippen molar-refractivity contribution in [3.63, 3.8) is 0 Å². The third-order valence-electron chi connectivity index (χ3n) is 3.35. The van der Waals surface area contributed by atoms with Gasteiger partial charge >= 0.3 is 12.0 Å². The Morgan fingerprint density at radius 1 is 1.35 bits per heavy atom. The van der Waals surface area contributed by atoms with Crippen molar-refractivity contribution in [3.8, 4) is 11.5 Å². The lowest BCUT2D eigenvalue weighted by Gasteiger charge is -2.18. The van der Waals surface area contributed by atoms with Gasteiger partial charge in [0.1, 0.15) is 6.26 Å². The zero-order valence-electron chi connectivity index (χ0n) is 13.3. The average molecular weight is 317 g/mol. The zero-order chi connectivity index (χ0) is 17.0. The number of carbonyl (C=O) groups excluding carboxylic acids is 1. The van der Waals surface area contributed by atoms with E-state index in [9.17, 15) is 9.59 Å². The van der Waals surface area contributed by atoms with Crippen LogP contribution >= 0.6 is 0 Å². The minimum atomic E-state index is -0.943. The smallest absolute Gasteiger partial charge is 0.321 e.